The predicted molar refractivity (Wildman–Crippen MR) is 82.7 cm³/mol. The molecule has 0 saturated carbocycles. The van der Waals surface area contributed by atoms with Crippen LogP contribution < -0.4 is 10.1 Å². The zero-order valence-electron chi connectivity index (χ0n) is 13.0. The molecule has 0 aromatic carbocycles. The van der Waals surface area contributed by atoms with E-state index in [1.807, 2.05) is 30.1 Å². The second-order valence-corrected chi connectivity index (χ2v) is 5.52. The number of hydrogen-bond acceptors (Lipinski definition) is 5. The third-order valence-electron chi connectivity index (χ3n) is 3.78. The van der Waals surface area contributed by atoms with Crippen molar-refractivity contribution in [1.29, 1.82) is 0 Å². The largest absolute Gasteiger partial charge is 0.483 e. The summed E-state index contributed by atoms with van der Waals surface area (Å²) in [7, 11) is 0. The molecule has 6 heteroatoms. The van der Waals surface area contributed by atoms with Crippen molar-refractivity contribution >= 4 is 0 Å². The Morgan fingerprint density at radius 1 is 1.45 bits per heavy atom. The molecular formula is C16H22N4O2. The fourth-order valence-corrected chi connectivity index (χ4v) is 2.56. The van der Waals surface area contributed by atoms with Gasteiger partial charge in [-0.3, -0.25) is 9.67 Å². The number of aromatic nitrogens is 3. The van der Waals surface area contributed by atoms with E-state index >= 15 is 0 Å². The molecule has 22 heavy (non-hydrogen) atoms. The topological polar surface area (TPSA) is 61.2 Å². The van der Waals surface area contributed by atoms with E-state index < -0.39 is 0 Å². The Morgan fingerprint density at radius 2 is 2.36 bits per heavy atom. The lowest BCUT2D eigenvalue weighted by atomic mass is 10.2. The molecule has 3 rings (SSSR count). The highest BCUT2D eigenvalue weighted by atomic mass is 16.5. The van der Waals surface area contributed by atoms with Crippen LogP contribution in [0.5, 0.6) is 5.75 Å². The van der Waals surface area contributed by atoms with E-state index in [9.17, 15) is 0 Å². The van der Waals surface area contributed by atoms with Crippen molar-refractivity contribution in [2.45, 2.75) is 39.1 Å². The van der Waals surface area contributed by atoms with Gasteiger partial charge in [0.2, 0.25) is 0 Å². The molecule has 118 valence electrons. The quantitative estimate of drug-likeness (QED) is 0.877. The highest BCUT2D eigenvalue weighted by Gasteiger charge is 2.30. The summed E-state index contributed by atoms with van der Waals surface area (Å²) in [6, 6.07) is 4.29. The van der Waals surface area contributed by atoms with Crippen LogP contribution in [0.1, 0.15) is 18.2 Å². The molecule has 3 heterocycles. The van der Waals surface area contributed by atoms with E-state index in [0.717, 1.165) is 24.5 Å². The number of pyridine rings is 1. The van der Waals surface area contributed by atoms with Gasteiger partial charge in [0.15, 0.2) is 5.75 Å². The van der Waals surface area contributed by atoms with Gasteiger partial charge in [0.1, 0.15) is 6.10 Å². The zero-order chi connectivity index (χ0) is 15.4. The second kappa shape index (κ2) is 6.89. The first kappa shape index (κ1) is 15.0. The number of hydrogen-bond donors (Lipinski definition) is 1. The van der Waals surface area contributed by atoms with Crippen molar-refractivity contribution in [2.24, 2.45) is 0 Å². The van der Waals surface area contributed by atoms with E-state index in [0.29, 0.717) is 13.2 Å². The van der Waals surface area contributed by atoms with Crippen LogP contribution in [0.4, 0.5) is 0 Å². The van der Waals surface area contributed by atoms with Crippen molar-refractivity contribution in [3.05, 3.63) is 42.0 Å². The Bertz CT molecular complexity index is 614. The normalized spacial score (nSPS) is 21.2. The average Bonchev–Trinajstić information content (AvgIpc) is 3.15. The van der Waals surface area contributed by atoms with Crippen LogP contribution in [0.15, 0.2) is 30.7 Å². The molecule has 1 fully saturated rings. The van der Waals surface area contributed by atoms with Gasteiger partial charge in [0.25, 0.3) is 0 Å². The van der Waals surface area contributed by atoms with Crippen LogP contribution in [0.2, 0.25) is 0 Å². The van der Waals surface area contributed by atoms with Crippen LogP contribution in [0.3, 0.4) is 0 Å². The predicted octanol–water partition coefficient (Wildman–Crippen LogP) is 1.54. The highest BCUT2D eigenvalue weighted by molar-refractivity contribution is 5.16. The molecule has 1 aliphatic rings. The summed E-state index contributed by atoms with van der Waals surface area (Å²) in [5, 5.41) is 7.74. The van der Waals surface area contributed by atoms with Crippen molar-refractivity contribution < 1.29 is 9.47 Å². The minimum absolute atomic E-state index is 0.0115. The number of rotatable bonds is 6. The van der Waals surface area contributed by atoms with Gasteiger partial charge >= 0.3 is 0 Å². The fraction of sp³-hybridized carbons (Fsp3) is 0.500. The van der Waals surface area contributed by atoms with Crippen LogP contribution in [0.25, 0.3) is 0 Å². The Hall–Kier alpha value is -1.92. The molecule has 0 amide bonds. The Balaban J connectivity index is 1.56. The zero-order valence-corrected chi connectivity index (χ0v) is 13.0. The van der Waals surface area contributed by atoms with E-state index in [1.54, 1.807) is 6.20 Å². The smallest absolute Gasteiger partial charge is 0.157 e. The SMILES string of the molecule is CCn1cc(O[C@@H]2COC[C@@H]2NCc2ccnc(C)c2)cn1. The van der Waals surface area contributed by atoms with Crippen LogP contribution in [-0.2, 0) is 17.8 Å². The van der Waals surface area contributed by atoms with Crippen LogP contribution in [0, 0.1) is 6.92 Å². The first-order valence-corrected chi connectivity index (χ1v) is 7.66. The molecule has 1 N–H and O–H groups in total. The van der Waals surface area contributed by atoms with Crippen LogP contribution >= 0.6 is 0 Å². The molecular weight excluding hydrogens is 280 g/mol. The lowest BCUT2D eigenvalue weighted by Crippen LogP contribution is -2.41. The fourth-order valence-electron chi connectivity index (χ4n) is 2.56. The minimum Gasteiger partial charge on any atom is -0.483 e. The highest BCUT2D eigenvalue weighted by Crippen LogP contribution is 2.17. The Morgan fingerprint density at radius 3 is 3.14 bits per heavy atom. The van der Waals surface area contributed by atoms with Gasteiger partial charge in [-0.05, 0) is 31.5 Å². The third kappa shape index (κ3) is 3.64. The number of ether oxygens (including phenoxy) is 2. The van der Waals surface area contributed by atoms with E-state index in [1.165, 1.54) is 5.56 Å². The van der Waals surface area contributed by atoms with E-state index in [-0.39, 0.29) is 12.1 Å². The maximum absolute atomic E-state index is 6.00. The molecule has 0 spiro atoms. The Labute approximate surface area is 130 Å². The van der Waals surface area contributed by atoms with Crippen molar-refractivity contribution in [3.8, 4) is 5.75 Å². The maximum atomic E-state index is 6.00. The maximum Gasteiger partial charge on any atom is 0.157 e. The van der Waals surface area contributed by atoms with Crippen molar-refractivity contribution in [1.82, 2.24) is 20.1 Å². The third-order valence-corrected chi connectivity index (χ3v) is 3.78. The molecule has 1 aliphatic heterocycles. The van der Waals surface area contributed by atoms with Gasteiger partial charge in [-0.25, -0.2) is 0 Å². The van der Waals surface area contributed by atoms with Crippen molar-refractivity contribution in [3.63, 3.8) is 0 Å². The number of aryl methyl sites for hydroxylation is 2. The average molecular weight is 302 g/mol. The summed E-state index contributed by atoms with van der Waals surface area (Å²) in [4.78, 5) is 4.21. The molecule has 0 radical (unpaired) electrons. The van der Waals surface area contributed by atoms with E-state index in [4.69, 9.17) is 9.47 Å². The first-order valence-electron chi connectivity index (χ1n) is 7.66. The monoisotopic (exact) mass is 302 g/mol. The van der Waals surface area contributed by atoms with Crippen molar-refractivity contribution in [2.75, 3.05) is 13.2 Å². The summed E-state index contributed by atoms with van der Waals surface area (Å²) < 4.78 is 13.4. The lowest BCUT2D eigenvalue weighted by Gasteiger charge is -2.19. The van der Waals surface area contributed by atoms with Gasteiger partial charge < -0.3 is 14.8 Å². The lowest BCUT2D eigenvalue weighted by molar-refractivity contribution is 0.139. The standard InChI is InChI=1S/C16H22N4O2/c1-3-20-9-14(8-19-20)22-16-11-21-10-15(16)18-7-13-4-5-17-12(2)6-13/h4-6,8-9,15-16,18H,3,7,10-11H2,1-2H3/t15-,16+/m0/s1. The van der Waals surface area contributed by atoms with Crippen LogP contribution in [-0.4, -0.2) is 40.1 Å². The van der Waals surface area contributed by atoms with Gasteiger partial charge in [-0.2, -0.15) is 5.10 Å². The van der Waals surface area contributed by atoms with E-state index in [2.05, 4.69) is 28.4 Å². The van der Waals surface area contributed by atoms with Gasteiger partial charge in [-0.15, -0.1) is 0 Å². The summed E-state index contributed by atoms with van der Waals surface area (Å²) in [5.74, 6) is 0.795. The molecule has 1 saturated heterocycles. The van der Waals surface area contributed by atoms with Gasteiger partial charge in [0, 0.05) is 25.0 Å². The number of nitrogens with one attached hydrogen (secondary N) is 1. The molecule has 2 aromatic heterocycles. The van der Waals surface area contributed by atoms with Gasteiger partial charge in [-0.1, -0.05) is 0 Å². The minimum atomic E-state index is 0.0115. The Kier molecular flexibility index (Phi) is 4.70. The van der Waals surface area contributed by atoms with Gasteiger partial charge in [0.05, 0.1) is 31.6 Å². The molecule has 2 atom stereocenters. The molecule has 0 unspecified atom stereocenters. The second-order valence-electron chi connectivity index (χ2n) is 5.52. The summed E-state index contributed by atoms with van der Waals surface area (Å²) in [5.41, 5.74) is 2.25. The molecule has 0 bridgehead atoms. The summed E-state index contributed by atoms with van der Waals surface area (Å²) >= 11 is 0. The summed E-state index contributed by atoms with van der Waals surface area (Å²) in [6.07, 6.45) is 5.52. The number of nitrogens with zero attached hydrogens (tertiary/aromatic N) is 3. The first-order chi connectivity index (χ1) is 10.7. The summed E-state index contributed by atoms with van der Waals surface area (Å²) in [6.45, 7) is 6.94. The molecule has 2 aromatic rings. The molecule has 0 aliphatic carbocycles. The molecule has 6 nitrogen and oxygen atoms in total.